The highest BCUT2D eigenvalue weighted by Gasteiger charge is 2.66. The summed E-state index contributed by atoms with van der Waals surface area (Å²) in [6, 6.07) is 14.0. The summed E-state index contributed by atoms with van der Waals surface area (Å²) >= 11 is 0. The molecule has 0 aliphatic heterocycles. The Kier molecular flexibility index (Phi) is 8.23. The van der Waals surface area contributed by atoms with Crippen LogP contribution in [-0.4, -0.2) is 12.6 Å². The van der Waals surface area contributed by atoms with Gasteiger partial charge in [0.25, 0.3) is 0 Å². The van der Waals surface area contributed by atoms with Crippen LogP contribution in [0.25, 0.3) is 0 Å². The first-order valence-electron chi connectivity index (χ1n) is 12.0. The van der Waals surface area contributed by atoms with Crippen molar-refractivity contribution in [2.45, 2.75) is 37.5 Å². The van der Waals surface area contributed by atoms with Crippen LogP contribution in [0.15, 0.2) is 60.7 Å². The van der Waals surface area contributed by atoms with Crippen LogP contribution in [0.2, 0.25) is 0 Å². The number of rotatable bonds is 5. The first-order chi connectivity index (χ1) is 19.2. The number of carbonyl (C=O) groups is 1. The summed E-state index contributed by atoms with van der Waals surface area (Å²) in [6.07, 6.45) is -9.88. The molecule has 1 aliphatic carbocycles. The van der Waals surface area contributed by atoms with E-state index in [1.807, 2.05) is 24.3 Å². The van der Waals surface area contributed by atoms with Gasteiger partial charge in [0.15, 0.2) is 10.8 Å². The van der Waals surface area contributed by atoms with Crippen LogP contribution in [0.3, 0.4) is 0 Å². The van der Waals surface area contributed by atoms with Crippen molar-refractivity contribution in [2.24, 2.45) is 16.7 Å². The van der Waals surface area contributed by atoms with E-state index >= 15 is 0 Å². The lowest BCUT2D eigenvalue weighted by atomic mass is 9.45. The van der Waals surface area contributed by atoms with E-state index in [1.165, 1.54) is 6.92 Å². The molecule has 0 heterocycles. The molecule has 3 rings (SSSR count). The molecule has 1 aliphatic rings. The Bertz CT molecular complexity index is 1470. The van der Waals surface area contributed by atoms with Gasteiger partial charge in [0, 0.05) is 23.3 Å². The molecule has 12 heteroatoms. The van der Waals surface area contributed by atoms with Crippen molar-refractivity contribution < 1.29 is 35.9 Å². The standard InChI is InChI=1S/C29H20F6N4O2/c1-3-41-25(40)17(2)22-12-23(18-4-8-20(9-5-18)28(30,31)32)27(15-38,16-39)24(26(22,13-36)14-37)19-6-10-21(11-7-19)29(33,34)35/h4-11,22-24H,2-3,12H2,1H3/t22-,23+,24+/m1/s1. The molecule has 0 N–H and O–H groups in total. The predicted octanol–water partition coefficient (Wildman–Crippen LogP) is 6.80. The average molecular weight is 570 g/mol. The third kappa shape index (κ3) is 5.22. The van der Waals surface area contributed by atoms with Gasteiger partial charge in [-0.1, -0.05) is 30.8 Å². The van der Waals surface area contributed by atoms with Crippen molar-refractivity contribution in [3.8, 4) is 24.3 Å². The Morgan fingerprint density at radius 2 is 1.24 bits per heavy atom. The van der Waals surface area contributed by atoms with Crippen molar-refractivity contribution >= 4 is 5.97 Å². The maximum absolute atomic E-state index is 13.3. The molecule has 0 radical (unpaired) electrons. The zero-order valence-electron chi connectivity index (χ0n) is 21.3. The summed E-state index contributed by atoms with van der Waals surface area (Å²) in [5.74, 6) is -5.48. The number of nitriles is 4. The first-order valence-corrected chi connectivity index (χ1v) is 12.0. The third-order valence-corrected chi connectivity index (χ3v) is 7.39. The maximum atomic E-state index is 13.3. The molecule has 3 atom stereocenters. The zero-order chi connectivity index (χ0) is 30.8. The van der Waals surface area contributed by atoms with Gasteiger partial charge in [-0.3, -0.25) is 0 Å². The van der Waals surface area contributed by atoms with Gasteiger partial charge >= 0.3 is 18.3 Å². The van der Waals surface area contributed by atoms with Gasteiger partial charge in [0.1, 0.15) is 0 Å². The van der Waals surface area contributed by atoms with E-state index in [-0.39, 0.29) is 23.3 Å². The van der Waals surface area contributed by atoms with Gasteiger partial charge in [-0.2, -0.15) is 47.4 Å². The SMILES string of the molecule is C=C(C(=O)OCC)[C@H]1C[C@@H](c2ccc(C(F)(F)F)cc2)C(C#N)(C#N)[C@@H](c2ccc(C(F)(F)F)cc2)C1(C#N)C#N. The van der Waals surface area contributed by atoms with E-state index in [0.717, 1.165) is 36.4 Å². The number of carbonyl (C=O) groups excluding carboxylic acids is 1. The molecule has 1 saturated carbocycles. The summed E-state index contributed by atoms with van der Waals surface area (Å²) in [4.78, 5) is 12.7. The van der Waals surface area contributed by atoms with E-state index in [1.54, 1.807) is 0 Å². The van der Waals surface area contributed by atoms with Crippen molar-refractivity contribution in [3.63, 3.8) is 0 Å². The summed E-state index contributed by atoms with van der Waals surface area (Å²) < 4.78 is 84.7. The van der Waals surface area contributed by atoms with E-state index in [9.17, 15) is 52.2 Å². The maximum Gasteiger partial charge on any atom is 0.416 e. The van der Waals surface area contributed by atoms with E-state index in [0.29, 0.717) is 12.1 Å². The monoisotopic (exact) mass is 570 g/mol. The van der Waals surface area contributed by atoms with Crippen LogP contribution in [0.5, 0.6) is 0 Å². The fraction of sp³-hybridized carbons (Fsp3) is 0.345. The molecule has 6 nitrogen and oxygen atoms in total. The Labute approximate surface area is 231 Å². The summed E-state index contributed by atoms with van der Waals surface area (Å²) in [5, 5.41) is 41.7. The largest absolute Gasteiger partial charge is 0.463 e. The molecule has 41 heavy (non-hydrogen) atoms. The lowest BCUT2D eigenvalue weighted by molar-refractivity contribution is -0.140. The Balaban J connectivity index is 2.38. The average Bonchev–Trinajstić information content (AvgIpc) is 2.94. The van der Waals surface area contributed by atoms with Crippen molar-refractivity contribution in [2.75, 3.05) is 6.61 Å². The molecule has 0 saturated heterocycles. The third-order valence-electron chi connectivity index (χ3n) is 7.39. The predicted molar refractivity (Wildman–Crippen MR) is 130 cm³/mol. The molecule has 210 valence electrons. The number of hydrogen-bond acceptors (Lipinski definition) is 6. The van der Waals surface area contributed by atoms with E-state index in [4.69, 9.17) is 4.74 Å². The Morgan fingerprint density at radius 1 is 0.829 bits per heavy atom. The van der Waals surface area contributed by atoms with Crippen molar-refractivity contribution in [1.29, 1.82) is 21.0 Å². The zero-order valence-corrected chi connectivity index (χ0v) is 21.3. The van der Waals surface area contributed by atoms with Crippen molar-refractivity contribution in [3.05, 3.63) is 82.9 Å². The highest BCUT2D eigenvalue weighted by Crippen LogP contribution is 2.65. The van der Waals surface area contributed by atoms with Crippen LogP contribution >= 0.6 is 0 Å². The van der Waals surface area contributed by atoms with Gasteiger partial charge in [0.05, 0.1) is 42.0 Å². The summed E-state index contributed by atoms with van der Waals surface area (Å²) in [6.45, 7) is 5.07. The highest BCUT2D eigenvalue weighted by atomic mass is 19.4. The second kappa shape index (κ2) is 11.0. The number of hydrogen-bond donors (Lipinski definition) is 0. The van der Waals surface area contributed by atoms with Crippen molar-refractivity contribution in [1.82, 2.24) is 0 Å². The van der Waals surface area contributed by atoms with E-state index in [2.05, 4.69) is 6.58 Å². The van der Waals surface area contributed by atoms with Crippen LogP contribution in [0, 0.1) is 62.1 Å². The second-order valence-corrected chi connectivity index (χ2v) is 9.44. The quantitative estimate of drug-likeness (QED) is 0.221. The number of esters is 1. The molecule has 0 spiro atoms. The minimum Gasteiger partial charge on any atom is -0.463 e. The lowest BCUT2D eigenvalue weighted by Crippen LogP contribution is -2.52. The summed E-state index contributed by atoms with van der Waals surface area (Å²) in [5.41, 5.74) is -7.33. The number of nitrogens with zero attached hydrogens (tertiary/aromatic N) is 4. The number of alkyl halides is 6. The Morgan fingerprint density at radius 3 is 1.61 bits per heavy atom. The molecule has 0 amide bonds. The van der Waals surface area contributed by atoms with Gasteiger partial charge in [-0.25, -0.2) is 4.79 Å². The molecule has 2 aromatic rings. The topological polar surface area (TPSA) is 121 Å². The molecule has 0 bridgehead atoms. The van der Waals surface area contributed by atoms with Crippen LogP contribution in [-0.2, 0) is 21.9 Å². The number of benzene rings is 2. The highest BCUT2D eigenvalue weighted by molar-refractivity contribution is 5.89. The minimum absolute atomic E-state index is 0.0455. The van der Waals surface area contributed by atoms with Gasteiger partial charge < -0.3 is 4.74 Å². The van der Waals surface area contributed by atoms with Gasteiger partial charge in [-0.05, 0) is 48.7 Å². The number of halogens is 6. The molecular weight excluding hydrogens is 550 g/mol. The molecule has 0 unspecified atom stereocenters. The fourth-order valence-corrected chi connectivity index (χ4v) is 5.47. The minimum atomic E-state index is -4.75. The smallest absolute Gasteiger partial charge is 0.416 e. The molecule has 1 fully saturated rings. The number of ether oxygens (including phenoxy) is 1. The molecule has 2 aromatic carbocycles. The summed E-state index contributed by atoms with van der Waals surface area (Å²) in [7, 11) is 0. The first kappa shape index (κ1) is 30.7. The lowest BCUT2D eigenvalue weighted by Gasteiger charge is -2.51. The van der Waals surface area contributed by atoms with Crippen LogP contribution < -0.4 is 0 Å². The van der Waals surface area contributed by atoms with Crippen LogP contribution in [0.4, 0.5) is 26.3 Å². The van der Waals surface area contributed by atoms with E-state index < -0.39 is 64.5 Å². The Hall–Kier alpha value is -4.81. The fourth-order valence-electron chi connectivity index (χ4n) is 5.47. The van der Waals surface area contributed by atoms with Crippen LogP contribution in [0.1, 0.15) is 47.4 Å². The molecular formula is C29H20F6N4O2. The molecule has 0 aromatic heterocycles. The second-order valence-electron chi connectivity index (χ2n) is 9.44. The van der Waals surface area contributed by atoms with Gasteiger partial charge in [0.2, 0.25) is 0 Å². The van der Waals surface area contributed by atoms with Gasteiger partial charge in [-0.15, -0.1) is 0 Å². The normalized spacial score (nSPS) is 21.3.